The smallest absolute Gasteiger partial charge is 0.335 e. The van der Waals surface area contributed by atoms with Crippen LogP contribution in [-0.2, 0) is 9.59 Å². The van der Waals surface area contributed by atoms with Crippen molar-refractivity contribution >= 4 is 46.1 Å². The van der Waals surface area contributed by atoms with E-state index < -0.39 is 5.97 Å². The number of fused-ring (bicyclic) bond motifs is 1. The Balaban J connectivity index is 1.72. The van der Waals surface area contributed by atoms with E-state index in [1.165, 1.54) is 12.1 Å². The highest BCUT2D eigenvalue weighted by Gasteiger charge is 2.29. The van der Waals surface area contributed by atoms with Crippen molar-refractivity contribution in [3.05, 3.63) is 89.5 Å². The number of likely N-dealkylation sites (N-methyl/N-ethyl adjacent to an activating group) is 1. The molecule has 3 aromatic carbocycles. The molecule has 184 valence electrons. The maximum atomic E-state index is 13.1. The number of aromatic carboxylic acids is 1. The van der Waals surface area contributed by atoms with Crippen LogP contribution in [-0.4, -0.2) is 55.0 Å². The summed E-state index contributed by atoms with van der Waals surface area (Å²) in [5.41, 5.74) is 4.53. The van der Waals surface area contributed by atoms with E-state index in [4.69, 9.17) is 0 Å². The van der Waals surface area contributed by atoms with E-state index >= 15 is 0 Å². The number of hydrogen-bond donors (Lipinski definition) is 3. The minimum absolute atomic E-state index is 0.0374. The maximum Gasteiger partial charge on any atom is 0.335 e. The van der Waals surface area contributed by atoms with Crippen molar-refractivity contribution in [3.63, 3.8) is 0 Å². The molecular formula is C28H28N4O4. The molecular weight excluding hydrogens is 456 g/mol. The molecule has 1 aliphatic rings. The third-order valence-corrected chi connectivity index (χ3v) is 5.92. The summed E-state index contributed by atoms with van der Waals surface area (Å²) >= 11 is 0. The van der Waals surface area contributed by atoms with Gasteiger partial charge in [0.05, 0.1) is 22.5 Å². The van der Waals surface area contributed by atoms with Crippen LogP contribution in [0.4, 0.5) is 17.1 Å². The Morgan fingerprint density at radius 3 is 2.22 bits per heavy atom. The fourth-order valence-corrected chi connectivity index (χ4v) is 4.08. The molecule has 3 aromatic rings. The number of carbonyl (C=O) groups excluding carboxylic acids is 2. The van der Waals surface area contributed by atoms with Crippen molar-refractivity contribution < 1.29 is 19.5 Å². The van der Waals surface area contributed by atoms with Crippen molar-refractivity contribution in [2.45, 2.75) is 6.92 Å². The Bertz CT molecular complexity index is 1330. The van der Waals surface area contributed by atoms with Crippen molar-refractivity contribution in [1.29, 1.82) is 0 Å². The van der Waals surface area contributed by atoms with Crippen molar-refractivity contribution in [3.8, 4) is 0 Å². The van der Waals surface area contributed by atoms with E-state index in [9.17, 15) is 19.5 Å². The lowest BCUT2D eigenvalue weighted by Crippen LogP contribution is -2.35. The van der Waals surface area contributed by atoms with Gasteiger partial charge in [0.2, 0.25) is 5.91 Å². The van der Waals surface area contributed by atoms with E-state index in [2.05, 4.69) is 10.6 Å². The molecule has 1 heterocycles. The largest absolute Gasteiger partial charge is 0.478 e. The molecule has 1 aliphatic heterocycles. The number of anilines is 3. The van der Waals surface area contributed by atoms with Gasteiger partial charge in [0.15, 0.2) is 0 Å². The average molecular weight is 485 g/mol. The van der Waals surface area contributed by atoms with Crippen LogP contribution in [0.2, 0.25) is 0 Å². The van der Waals surface area contributed by atoms with Gasteiger partial charge in [-0.1, -0.05) is 36.4 Å². The molecule has 0 bridgehead atoms. The first-order valence-electron chi connectivity index (χ1n) is 11.5. The molecule has 0 saturated carbocycles. The van der Waals surface area contributed by atoms with Crippen LogP contribution < -0.4 is 15.5 Å². The Kier molecular flexibility index (Phi) is 7.17. The summed E-state index contributed by atoms with van der Waals surface area (Å²) < 4.78 is 0. The third kappa shape index (κ3) is 5.29. The first kappa shape index (κ1) is 24.7. The summed E-state index contributed by atoms with van der Waals surface area (Å²) in [4.78, 5) is 40.4. The average Bonchev–Trinajstić information content (AvgIpc) is 3.18. The van der Waals surface area contributed by atoms with Gasteiger partial charge in [-0.25, -0.2) is 4.79 Å². The van der Waals surface area contributed by atoms with Crippen LogP contribution in [0.15, 0.2) is 72.8 Å². The molecule has 8 nitrogen and oxygen atoms in total. The lowest BCUT2D eigenvalue weighted by Gasteiger charge is -2.23. The number of amides is 2. The summed E-state index contributed by atoms with van der Waals surface area (Å²) in [6, 6.07) is 21.5. The lowest BCUT2D eigenvalue weighted by molar-refractivity contribution is -0.116. The van der Waals surface area contributed by atoms with Gasteiger partial charge in [0, 0.05) is 37.0 Å². The predicted molar refractivity (Wildman–Crippen MR) is 142 cm³/mol. The summed E-state index contributed by atoms with van der Waals surface area (Å²) in [6.45, 7) is 2.86. The van der Waals surface area contributed by atoms with E-state index in [0.29, 0.717) is 29.1 Å². The highest BCUT2D eigenvalue weighted by Crippen LogP contribution is 2.38. The molecule has 0 fully saturated rings. The van der Waals surface area contributed by atoms with Crippen LogP contribution >= 0.6 is 0 Å². The second-order valence-electron chi connectivity index (χ2n) is 8.78. The predicted octanol–water partition coefficient (Wildman–Crippen LogP) is 4.23. The van der Waals surface area contributed by atoms with Crippen LogP contribution in [0, 0.1) is 0 Å². The Labute approximate surface area is 209 Å². The van der Waals surface area contributed by atoms with E-state index in [1.807, 2.05) is 73.6 Å². The van der Waals surface area contributed by atoms with Gasteiger partial charge in [0.25, 0.3) is 5.91 Å². The van der Waals surface area contributed by atoms with Gasteiger partial charge in [-0.15, -0.1) is 0 Å². The molecule has 8 heteroatoms. The number of nitrogens with zero attached hydrogens (tertiary/aromatic N) is 2. The van der Waals surface area contributed by atoms with Gasteiger partial charge in [-0.05, 0) is 56.1 Å². The first-order chi connectivity index (χ1) is 17.2. The Morgan fingerprint density at radius 2 is 1.61 bits per heavy atom. The van der Waals surface area contributed by atoms with Gasteiger partial charge >= 0.3 is 5.97 Å². The normalized spacial score (nSPS) is 13.7. The zero-order valence-electron chi connectivity index (χ0n) is 20.4. The highest BCUT2D eigenvalue weighted by atomic mass is 16.4. The van der Waals surface area contributed by atoms with Crippen LogP contribution in [0.1, 0.15) is 28.4 Å². The fraction of sp³-hybridized carbons (Fsp3) is 0.179. The van der Waals surface area contributed by atoms with E-state index in [1.54, 1.807) is 17.9 Å². The highest BCUT2D eigenvalue weighted by molar-refractivity contribution is 6.37. The zero-order valence-corrected chi connectivity index (χ0v) is 20.4. The molecule has 36 heavy (non-hydrogen) atoms. The van der Waals surface area contributed by atoms with Crippen molar-refractivity contribution in [1.82, 2.24) is 4.90 Å². The number of hydrogen-bond acceptors (Lipinski definition) is 5. The van der Waals surface area contributed by atoms with Crippen LogP contribution in [0.3, 0.4) is 0 Å². The zero-order chi connectivity index (χ0) is 25.8. The molecule has 4 rings (SSSR count). The van der Waals surface area contributed by atoms with Crippen LogP contribution in [0.25, 0.3) is 11.3 Å². The number of carbonyl (C=O) groups is 3. The number of carboxylic acids is 1. The molecule has 2 amide bonds. The molecule has 3 N–H and O–H groups in total. The third-order valence-electron chi connectivity index (χ3n) is 5.92. The number of carboxylic acid groups (broad SMARTS) is 1. The quantitative estimate of drug-likeness (QED) is 0.414. The number of nitrogens with one attached hydrogen (secondary N) is 2. The topological polar surface area (TPSA) is 102 Å². The second kappa shape index (κ2) is 10.5. The summed E-state index contributed by atoms with van der Waals surface area (Å²) in [7, 11) is 3.92. The van der Waals surface area contributed by atoms with Gasteiger partial charge in [-0.3, -0.25) is 9.59 Å². The lowest BCUT2D eigenvalue weighted by atomic mass is 9.99. The van der Waals surface area contributed by atoms with Crippen molar-refractivity contribution in [2.24, 2.45) is 0 Å². The summed E-state index contributed by atoms with van der Waals surface area (Å²) in [6.07, 6.45) is 0. The molecule has 0 aliphatic carbocycles. The van der Waals surface area contributed by atoms with Crippen LogP contribution in [0.5, 0.6) is 0 Å². The van der Waals surface area contributed by atoms with E-state index in [0.717, 1.165) is 23.5 Å². The monoisotopic (exact) mass is 484 g/mol. The summed E-state index contributed by atoms with van der Waals surface area (Å²) in [5.74, 6) is -1.41. The minimum atomic E-state index is -1.06. The van der Waals surface area contributed by atoms with E-state index in [-0.39, 0.29) is 17.4 Å². The molecule has 0 radical (unpaired) electrons. The van der Waals surface area contributed by atoms with Crippen molar-refractivity contribution in [2.75, 3.05) is 42.7 Å². The molecule has 0 unspecified atom stereocenters. The second-order valence-corrected chi connectivity index (χ2v) is 8.78. The van der Waals surface area contributed by atoms with Gasteiger partial charge < -0.3 is 25.5 Å². The molecule has 0 saturated heterocycles. The minimum Gasteiger partial charge on any atom is -0.478 e. The molecule has 0 spiro atoms. The maximum absolute atomic E-state index is 13.1. The Hall–Kier alpha value is -4.43. The molecule has 0 atom stereocenters. The SMILES string of the molecule is CC(=O)N(CCN(C)C)c1ccc(N/C(=C2\C(=O)Nc3cc(C(=O)O)ccc32)c2ccccc2)cc1. The number of rotatable bonds is 8. The van der Waals surface area contributed by atoms with Gasteiger partial charge in [0.1, 0.15) is 0 Å². The first-order valence-corrected chi connectivity index (χ1v) is 11.5. The fourth-order valence-electron chi connectivity index (χ4n) is 4.08. The standard InChI is InChI=1S/C28H28N4O4/c1-18(33)32(16-15-31(2)3)22-12-10-21(11-13-22)29-26(19-7-5-4-6-8-19)25-23-14-9-20(28(35)36)17-24(23)30-27(25)34/h4-14,17,29H,15-16H2,1-3H3,(H,30,34)(H,35,36)/b26-25-. The summed E-state index contributed by atoms with van der Waals surface area (Å²) in [5, 5.41) is 15.5. The Morgan fingerprint density at radius 1 is 0.917 bits per heavy atom. The number of benzene rings is 3. The molecule has 0 aromatic heterocycles. The van der Waals surface area contributed by atoms with Gasteiger partial charge in [-0.2, -0.15) is 0 Å².